The van der Waals surface area contributed by atoms with E-state index in [-0.39, 0.29) is 0 Å². The maximum Gasteiger partial charge on any atom is 0.255 e. The molecular formula is C8H7Cl2NO. The zero-order valence-electron chi connectivity index (χ0n) is 6.69. The molecule has 64 valence electrons. The molecule has 0 aliphatic rings. The topological polar surface area (TPSA) is 30.0 Å². The monoisotopic (exact) mass is 203 g/mol. The molecule has 0 spiro atoms. The molecule has 0 fully saturated rings. The summed E-state index contributed by atoms with van der Waals surface area (Å²) in [4.78, 5) is 14.9. The second kappa shape index (κ2) is 3.42. The molecule has 1 aromatic rings. The van der Waals surface area contributed by atoms with Crippen LogP contribution in [0.1, 0.15) is 21.7 Å². The molecular weight excluding hydrogens is 197 g/mol. The van der Waals surface area contributed by atoms with Crippen LogP contribution in [0.3, 0.4) is 0 Å². The number of hydrogen-bond acceptors (Lipinski definition) is 2. The molecule has 0 atom stereocenters. The summed E-state index contributed by atoms with van der Waals surface area (Å²) < 4.78 is 0. The molecule has 0 aliphatic heterocycles. The van der Waals surface area contributed by atoms with Gasteiger partial charge in [-0.15, -0.1) is 0 Å². The van der Waals surface area contributed by atoms with E-state index in [4.69, 9.17) is 23.2 Å². The Balaban J connectivity index is 3.38. The zero-order valence-corrected chi connectivity index (χ0v) is 8.20. The lowest BCUT2D eigenvalue weighted by Crippen LogP contribution is -1.99. The summed E-state index contributed by atoms with van der Waals surface area (Å²) in [6, 6.07) is 1.62. The van der Waals surface area contributed by atoms with Gasteiger partial charge in [-0.05, 0) is 31.5 Å². The Morgan fingerprint density at radius 2 is 2.08 bits per heavy atom. The van der Waals surface area contributed by atoms with E-state index in [9.17, 15) is 4.79 Å². The van der Waals surface area contributed by atoms with E-state index in [2.05, 4.69) is 4.98 Å². The van der Waals surface area contributed by atoms with E-state index in [0.29, 0.717) is 16.3 Å². The number of pyridine rings is 1. The molecule has 0 N–H and O–H groups in total. The number of carbonyl (C=O) groups excluding carboxylic acids is 1. The van der Waals surface area contributed by atoms with Gasteiger partial charge in [-0.1, -0.05) is 11.6 Å². The van der Waals surface area contributed by atoms with E-state index in [1.54, 1.807) is 19.9 Å². The molecule has 12 heavy (non-hydrogen) atoms. The van der Waals surface area contributed by atoms with Gasteiger partial charge in [-0.3, -0.25) is 9.78 Å². The second-order valence-corrected chi connectivity index (χ2v) is 3.23. The van der Waals surface area contributed by atoms with Crippen LogP contribution in [0, 0.1) is 13.8 Å². The fraction of sp³-hybridized carbons (Fsp3) is 0.250. The molecule has 2 nitrogen and oxygen atoms in total. The van der Waals surface area contributed by atoms with E-state index >= 15 is 0 Å². The van der Waals surface area contributed by atoms with Gasteiger partial charge in [-0.25, -0.2) is 0 Å². The zero-order chi connectivity index (χ0) is 9.30. The van der Waals surface area contributed by atoms with Crippen molar-refractivity contribution in [3.05, 3.63) is 28.0 Å². The second-order valence-electron chi connectivity index (χ2n) is 2.48. The molecule has 0 aromatic carbocycles. The summed E-state index contributed by atoms with van der Waals surface area (Å²) in [6.45, 7) is 3.51. The van der Waals surface area contributed by atoms with Crippen LogP contribution < -0.4 is 0 Å². The SMILES string of the molecule is Cc1cc(Cl)c(C(=O)Cl)c(C)n1. The first-order valence-corrected chi connectivity index (χ1v) is 4.11. The molecule has 0 amide bonds. The predicted octanol–water partition coefficient (Wildman–Crippen LogP) is 2.73. The highest BCUT2D eigenvalue weighted by molar-refractivity contribution is 6.68. The Kier molecular flexibility index (Phi) is 2.70. The molecule has 0 unspecified atom stereocenters. The van der Waals surface area contributed by atoms with E-state index < -0.39 is 5.24 Å². The average molecular weight is 204 g/mol. The average Bonchev–Trinajstić information content (AvgIpc) is 1.82. The first-order chi connectivity index (χ1) is 5.52. The Labute approximate surface area is 80.5 Å². The minimum Gasteiger partial charge on any atom is -0.275 e. The number of aryl methyl sites for hydroxylation is 2. The molecule has 1 rings (SSSR count). The quantitative estimate of drug-likeness (QED) is 0.658. The first-order valence-electron chi connectivity index (χ1n) is 3.36. The highest BCUT2D eigenvalue weighted by Gasteiger charge is 2.12. The largest absolute Gasteiger partial charge is 0.275 e. The van der Waals surface area contributed by atoms with Gasteiger partial charge in [-0.2, -0.15) is 0 Å². The summed E-state index contributed by atoms with van der Waals surface area (Å²) in [5.74, 6) is 0. The van der Waals surface area contributed by atoms with Crippen molar-refractivity contribution in [2.75, 3.05) is 0 Å². The number of nitrogens with zero attached hydrogens (tertiary/aromatic N) is 1. The van der Waals surface area contributed by atoms with Crippen LogP contribution in [0.15, 0.2) is 6.07 Å². The molecule has 1 aromatic heterocycles. The van der Waals surface area contributed by atoms with Crippen LogP contribution in [0.25, 0.3) is 0 Å². The minimum atomic E-state index is -0.565. The van der Waals surface area contributed by atoms with E-state index in [0.717, 1.165) is 5.69 Å². The molecule has 0 saturated carbocycles. The maximum atomic E-state index is 10.8. The fourth-order valence-corrected chi connectivity index (χ4v) is 1.68. The van der Waals surface area contributed by atoms with Crippen molar-refractivity contribution in [2.45, 2.75) is 13.8 Å². The lowest BCUT2D eigenvalue weighted by atomic mass is 10.2. The molecule has 0 radical (unpaired) electrons. The summed E-state index contributed by atoms with van der Waals surface area (Å²) in [5, 5.41) is -0.204. The lowest BCUT2D eigenvalue weighted by Gasteiger charge is -2.03. The molecule has 0 aliphatic carbocycles. The first kappa shape index (κ1) is 9.49. The standard InChI is InChI=1S/C8H7Cl2NO/c1-4-3-6(9)7(8(10)12)5(2)11-4/h3H,1-2H3. The Hall–Kier alpha value is -0.600. The molecule has 4 heteroatoms. The third-order valence-electron chi connectivity index (χ3n) is 1.48. The van der Waals surface area contributed by atoms with Crippen molar-refractivity contribution >= 4 is 28.4 Å². The normalized spacial score (nSPS) is 10.0. The minimum absolute atomic E-state index is 0.295. The number of rotatable bonds is 1. The van der Waals surface area contributed by atoms with E-state index in [1.165, 1.54) is 0 Å². The number of hydrogen-bond donors (Lipinski definition) is 0. The highest BCUT2D eigenvalue weighted by Crippen LogP contribution is 2.20. The van der Waals surface area contributed by atoms with Crippen molar-refractivity contribution in [3.63, 3.8) is 0 Å². The highest BCUT2D eigenvalue weighted by atomic mass is 35.5. The third kappa shape index (κ3) is 1.76. The number of halogens is 2. The van der Waals surface area contributed by atoms with Crippen LogP contribution >= 0.6 is 23.2 Å². The summed E-state index contributed by atoms with van der Waals surface area (Å²) >= 11 is 11.1. The van der Waals surface area contributed by atoms with Crippen molar-refractivity contribution in [2.24, 2.45) is 0 Å². The number of aromatic nitrogens is 1. The van der Waals surface area contributed by atoms with Gasteiger partial charge >= 0.3 is 0 Å². The Bertz CT molecular complexity index is 313. The Morgan fingerprint density at radius 1 is 1.50 bits per heavy atom. The lowest BCUT2D eigenvalue weighted by molar-refractivity contribution is 0.108. The van der Waals surface area contributed by atoms with Crippen molar-refractivity contribution in [3.8, 4) is 0 Å². The maximum absolute atomic E-state index is 10.8. The van der Waals surface area contributed by atoms with Gasteiger partial charge in [0, 0.05) is 5.69 Å². The van der Waals surface area contributed by atoms with Crippen LogP contribution in [0.4, 0.5) is 0 Å². The number of carbonyl (C=O) groups is 1. The fourth-order valence-electron chi connectivity index (χ4n) is 1.02. The van der Waals surface area contributed by atoms with Crippen LogP contribution in [-0.4, -0.2) is 10.2 Å². The van der Waals surface area contributed by atoms with Crippen LogP contribution in [-0.2, 0) is 0 Å². The van der Waals surface area contributed by atoms with Gasteiger partial charge in [0.1, 0.15) is 0 Å². The van der Waals surface area contributed by atoms with Gasteiger partial charge < -0.3 is 0 Å². The molecule has 1 heterocycles. The third-order valence-corrected chi connectivity index (χ3v) is 1.96. The smallest absolute Gasteiger partial charge is 0.255 e. The van der Waals surface area contributed by atoms with Gasteiger partial charge in [0.2, 0.25) is 0 Å². The molecule has 0 saturated heterocycles. The summed E-state index contributed by atoms with van der Waals surface area (Å²) in [6.07, 6.45) is 0. The van der Waals surface area contributed by atoms with Gasteiger partial charge in [0.05, 0.1) is 16.3 Å². The van der Waals surface area contributed by atoms with Crippen molar-refractivity contribution in [1.82, 2.24) is 4.98 Å². The summed E-state index contributed by atoms with van der Waals surface area (Å²) in [5.41, 5.74) is 1.64. The predicted molar refractivity (Wildman–Crippen MR) is 48.9 cm³/mol. The molecule has 0 bridgehead atoms. The van der Waals surface area contributed by atoms with Crippen LogP contribution in [0.2, 0.25) is 5.02 Å². The summed E-state index contributed by atoms with van der Waals surface area (Å²) in [7, 11) is 0. The van der Waals surface area contributed by atoms with Crippen molar-refractivity contribution in [1.29, 1.82) is 0 Å². The Morgan fingerprint density at radius 3 is 2.50 bits per heavy atom. The van der Waals surface area contributed by atoms with Crippen molar-refractivity contribution < 1.29 is 4.79 Å². The van der Waals surface area contributed by atoms with Crippen LogP contribution in [0.5, 0.6) is 0 Å². The van der Waals surface area contributed by atoms with E-state index in [1.807, 2.05) is 0 Å². The van der Waals surface area contributed by atoms with Gasteiger partial charge in [0.15, 0.2) is 0 Å². The van der Waals surface area contributed by atoms with Gasteiger partial charge in [0.25, 0.3) is 5.24 Å².